The first kappa shape index (κ1) is 24.6. The molecule has 7 nitrogen and oxygen atoms in total. The standard InChI is InChI=1S/C21H37ClN2O5S/c1-7-8-12-9-13(24(5)10-12)19(26)23-14(11(2)22)16-18-17(28-21(3,4)29-18)15(25)20(27-16)30-6/h11-18,20,25H,7-10H2,1-6H3,(H,23,26)/t11-,12+,13-,14+,15+,16+,17+,18-,20+/m1/s1. The number of hydrogen-bond acceptors (Lipinski definition) is 7. The lowest BCUT2D eigenvalue weighted by atomic mass is 9.92. The number of halogens is 1. The molecule has 3 aliphatic rings. The fraction of sp³-hybridized carbons (Fsp3) is 0.952. The van der Waals surface area contributed by atoms with Gasteiger partial charge in [-0.2, -0.15) is 0 Å². The van der Waals surface area contributed by atoms with Gasteiger partial charge < -0.3 is 24.6 Å². The van der Waals surface area contributed by atoms with Crippen molar-refractivity contribution in [2.45, 2.75) is 100 Å². The van der Waals surface area contributed by atoms with Crippen LogP contribution in [0.15, 0.2) is 0 Å². The predicted octanol–water partition coefficient (Wildman–Crippen LogP) is 2.19. The molecule has 9 heteroatoms. The lowest BCUT2D eigenvalue weighted by molar-refractivity contribution is -0.168. The minimum Gasteiger partial charge on any atom is -0.387 e. The molecule has 3 rings (SSSR count). The number of alkyl halides is 1. The van der Waals surface area contributed by atoms with E-state index < -0.39 is 41.7 Å². The number of thioether (sulfide) groups is 1. The maximum absolute atomic E-state index is 13.2. The fourth-order valence-corrected chi connectivity index (χ4v) is 5.91. The third kappa shape index (κ3) is 5.11. The molecule has 0 unspecified atom stereocenters. The monoisotopic (exact) mass is 464 g/mol. The number of aliphatic hydroxyl groups excluding tert-OH is 1. The molecule has 0 radical (unpaired) electrons. The van der Waals surface area contributed by atoms with E-state index in [1.807, 2.05) is 34.1 Å². The Morgan fingerprint density at radius 1 is 1.37 bits per heavy atom. The van der Waals surface area contributed by atoms with Crippen LogP contribution in [0.2, 0.25) is 0 Å². The van der Waals surface area contributed by atoms with E-state index in [-0.39, 0.29) is 17.3 Å². The number of fused-ring (bicyclic) bond motifs is 1. The summed E-state index contributed by atoms with van der Waals surface area (Å²) in [6.45, 7) is 8.61. The fourth-order valence-electron chi connectivity index (χ4n) is 5.04. The largest absolute Gasteiger partial charge is 0.387 e. The molecular formula is C21H37ClN2O5S. The zero-order valence-electron chi connectivity index (χ0n) is 18.8. The maximum atomic E-state index is 13.2. The summed E-state index contributed by atoms with van der Waals surface area (Å²) in [7, 11) is 2.00. The van der Waals surface area contributed by atoms with Gasteiger partial charge in [-0.3, -0.25) is 9.69 Å². The van der Waals surface area contributed by atoms with Crippen molar-refractivity contribution >= 4 is 29.3 Å². The first-order valence-corrected chi connectivity index (χ1v) is 12.7. The van der Waals surface area contributed by atoms with Gasteiger partial charge in [-0.05, 0) is 52.8 Å². The Morgan fingerprint density at radius 3 is 2.63 bits per heavy atom. The molecule has 3 saturated heterocycles. The van der Waals surface area contributed by atoms with Crippen LogP contribution in [0.3, 0.4) is 0 Å². The number of nitrogens with one attached hydrogen (secondary N) is 1. The summed E-state index contributed by atoms with van der Waals surface area (Å²) in [5.74, 6) is -0.325. The molecule has 3 fully saturated rings. The van der Waals surface area contributed by atoms with Gasteiger partial charge in [-0.25, -0.2) is 0 Å². The molecule has 0 aromatic carbocycles. The summed E-state index contributed by atoms with van der Waals surface area (Å²) in [5, 5.41) is 13.5. The molecule has 3 heterocycles. The molecule has 0 aromatic rings. The Kier molecular flexibility index (Phi) is 8.03. The number of aliphatic hydroxyl groups is 1. The molecule has 9 atom stereocenters. The van der Waals surface area contributed by atoms with Crippen molar-refractivity contribution in [3.05, 3.63) is 0 Å². The molecule has 0 bridgehead atoms. The van der Waals surface area contributed by atoms with Crippen LogP contribution in [-0.2, 0) is 19.0 Å². The maximum Gasteiger partial charge on any atom is 0.237 e. The van der Waals surface area contributed by atoms with Gasteiger partial charge in [-0.15, -0.1) is 23.4 Å². The minimum atomic E-state index is -0.839. The van der Waals surface area contributed by atoms with Gasteiger partial charge in [-0.1, -0.05) is 13.3 Å². The highest BCUT2D eigenvalue weighted by Gasteiger charge is 2.57. The number of rotatable bonds is 7. The number of amides is 1. The Hall–Kier alpha value is -0.0900. The highest BCUT2D eigenvalue weighted by molar-refractivity contribution is 7.99. The van der Waals surface area contributed by atoms with E-state index in [9.17, 15) is 9.90 Å². The number of hydrogen-bond donors (Lipinski definition) is 2. The van der Waals surface area contributed by atoms with Crippen molar-refractivity contribution in [3.63, 3.8) is 0 Å². The van der Waals surface area contributed by atoms with Crippen LogP contribution in [-0.4, -0.2) is 88.9 Å². The lowest BCUT2D eigenvalue weighted by Crippen LogP contribution is -2.64. The molecule has 0 spiro atoms. The van der Waals surface area contributed by atoms with E-state index >= 15 is 0 Å². The van der Waals surface area contributed by atoms with Gasteiger partial charge in [0.1, 0.15) is 29.9 Å². The van der Waals surface area contributed by atoms with Crippen molar-refractivity contribution in [2.75, 3.05) is 19.8 Å². The molecule has 2 N–H and O–H groups in total. The summed E-state index contributed by atoms with van der Waals surface area (Å²) in [5.41, 5.74) is -0.480. The van der Waals surface area contributed by atoms with Gasteiger partial charge in [0.05, 0.1) is 17.5 Å². The predicted molar refractivity (Wildman–Crippen MR) is 119 cm³/mol. The first-order chi connectivity index (χ1) is 14.1. The Bertz CT molecular complexity index is 610. The summed E-state index contributed by atoms with van der Waals surface area (Å²) in [4.78, 5) is 15.3. The summed E-state index contributed by atoms with van der Waals surface area (Å²) < 4.78 is 18.3. The second kappa shape index (κ2) is 9.81. The van der Waals surface area contributed by atoms with Gasteiger partial charge >= 0.3 is 0 Å². The van der Waals surface area contributed by atoms with Crippen molar-refractivity contribution in [3.8, 4) is 0 Å². The van der Waals surface area contributed by atoms with Crippen LogP contribution in [0.25, 0.3) is 0 Å². The van der Waals surface area contributed by atoms with Crippen molar-refractivity contribution in [1.82, 2.24) is 10.2 Å². The normalized spacial score (nSPS) is 40.7. The SMILES string of the molecule is CCC[C@H]1C[C@H](C(=O)N[C@H]([C@@H]2O[C@@H](SC)[C@@H](O)[C@@H]3OC(C)(C)O[C@@H]32)[C@@H](C)Cl)N(C)C1. The van der Waals surface area contributed by atoms with Crippen LogP contribution in [0, 0.1) is 5.92 Å². The second-order valence-corrected chi connectivity index (χ2v) is 10.9. The van der Waals surface area contributed by atoms with Crippen LogP contribution >= 0.6 is 23.4 Å². The summed E-state index contributed by atoms with van der Waals surface area (Å²) in [6.07, 6.45) is 2.60. The van der Waals surface area contributed by atoms with Crippen molar-refractivity contribution in [2.24, 2.45) is 5.92 Å². The number of likely N-dealkylation sites (N-methyl/N-ethyl adjacent to an activating group) is 1. The summed E-state index contributed by atoms with van der Waals surface area (Å²) in [6, 6.07) is -0.636. The number of likely N-dealkylation sites (tertiary alicyclic amines) is 1. The number of carbonyl (C=O) groups excluding carboxylic acids is 1. The van der Waals surface area contributed by atoms with Gasteiger partial charge in [0.2, 0.25) is 5.91 Å². The zero-order chi connectivity index (χ0) is 22.2. The number of nitrogens with zero attached hydrogens (tertiary/aromatic N) is 1. The molecule has 0 aromatic heterocycles. The zero-order valence-corrected chi connectivity index (χ0v) is 20.4. The first-order valence-electron chi connectivity index (χ1n) is 10.9. The highest BCUT2D eigenvalue weighted by atomic mass is 35.5. The molecule has 0 aliphatic carbocycles. The molecule has 30 heavy (non-hydrogen) atoms. The number of ether oxygens (including phenoxy) is 3. The molecular weight excluding hydrogens is 428 g/mol. The Labute approximate surface area is 189 Å². The van der Waals surface area contributed by atoms with Crippen LogP contribution in [0.4, 0.5) is 0 Å². The van der Waals surface area contributed by atoms with Crippen molar-refractivity contribution < 1.29 is 24.1 Å². The van der Waals surface area contributed by atoms with Crippen LogP contribution in [0.5, 0.6) is 0 Å². The van der Waals surface area contributed by atoms with E-state index in [1.54, 1.807) is 0 Å². The van der Waals surface area contributed by atoms with Crippen LogP contribution in [0.1, 0.15) is 47.0 Å². The third-order valence-electron chi connectivity index (χ3n) is 6.42. The summed E-state index contributed by atoms with van der Waals surface area (Å²) >= 11 is 7.97. The van der Waals surface area contributed by atoms with E-state index in [0.29, 0.717) is 5.92 Å². The quantitative estimate of drug-likeness (QED) is 0.559. The lowest BCUT2D eigenvalue weighted by Gasteiger charge is -2.43. The number of carbonyl (C=O) groups is 1. The van der Waals surface area contributed by atoms with Gasteiger partial charge in [0.25, 0.3) is 0 Å². The molecule has 0 saturated carbocycles. The van der Waals surface area contributed by atoms with E-state index in [4.69, 9.17) is 25.8 Å². The van der Waals surface area contributed by atoms with Gasteiger partial charge in [0.15, 0.2) is 5.79 Å². The molecule has 1 amide bonds. The van der Waals surface area contributed by atoms with Crippen LogP contribution < -0.4 is 5.32 Å². The smallest absolute Gasteiger partial charge is 0.237 e. The topological polar surface area (TPSA) is 80.3 Å². The minimum absolute atomic E-state index is 0.0289. The van der Waals surface area contributed by atoms with Gasteiger partial charge in [0, 0.05) is 6.54 Å². The second-order valence-electron chi connectivity index (χ2n) is 9.32. The third-order valence-corrected chi connectivity index (χ3v) is 7.54. The Morgan fingerprint density at radius 2 is 2.03 bits per heavy atom. The van der Waals surface area contributed by atoms with E-state index in [0.717, 1.165) is 25.8 Å². The molecule has 3 aliphatic heterocycles. The van der Waals surface area contributed by atoms with E-state index in [2.05, 4.69) is 17.1 Å². The highest BCUT2D eigenvalue weighted by Crippen LogP contribution is 2.41. The van der Waals surface area contributed by atoms with Crippen molar-refractivity contribution in [1.29, 1.82) is 0 Å². The average molecular weight is 465 g/mol. The van der Waals surface area contributed by atoms with E-state index in [1.165, 1.54) is 11.8 Å². The average Bonchev–Trinajstić information content (AvgIpc) is 3.19. The Balaban J connectivity index is 1.77. The molecule has 174 valence electrons.